The van der Waals surface area contributed by atoms with Gasteiger partial charge >= 0.3 is 0 Å². The van der Waals surface area contributed by atoms with E-state index in [4.69, 9.17) is 9.47 Å². The van der Waals surface area contributed by atoms with E-state index in [-0.39, 0.29) is 11.9 Å². The standard InChI is InChI=1S/C23H27N3O3/c1-28-20-8-3-18(4-9-20)5-12-23(27)26-15-13-25(14-16-26)22(17-24)19-6-10-21(29-2)11-7-19/h3-4,6-11,22H,5,12-16H2,1-2H3. The van der Waals surface area contributed by atoms with E-state index in [2.05, 4.69) is 11.0 Å². The lowest BCUT2D eigenvalue weighted by Gasteiger charge is -2.37. The first kappa shape index (κ1) is 20.7. The maximum atomic E-state index is 12.6. The van der Waals surface area contributed by atoms with Crippen molar-refractivity contribution in [2.75, 3.05) is 40.4 Å². The summed E-state index contributed by atoms with van der Waals surface area (Å²) in [6.07, 6.45) is 1.21. The summed E-state index contributed by atoms with van der Waals surface area (Å²) < 4.78 is 10.4. The second-order valence-electron chi connectivity index (χ2n) is 7.07. The third kappa shape index (κ3) is 5.27. The molecule has 1 saturated heterocycles. The van der Waals surface area contributed by atoms with Crippen molar-refractivity contribution in [3.63, 3.8) is 0 Å². The Labute approximate surface area is 172 Å². The number of nitriles is 1. The Bertz CT molecular complexity index is 835. The van der Waals surface area contributed by atoms with E-state index in [1.807, 2.05) is 53.4 Å². The molecule has 1 unspecified atom stereocenters. The van der Waals surface area contributed by atoms with E-state index in [0.717, 1.165) is 29.0 Å². The minimum absolute atomic E-state index is 0.165. The lowest BCUT2D eigenvalue weighted by atomic mass is 10.0. The molecule has 0 spiro atoms. The van der Waals surface area contributed by atoms with Gasteiger partial charge in [0.2, 0.25) is 5.91 Å². The number of ether oxygens (including phenoxy) is 2. The maximum absolute atomic E-state index is 12.6. The highest BCUT2D eigenvalue weighted by Gasteiger charge is 2.26. The van der Waals surface area contributed by atoms with Crippen molar-refractivity contribution >= 4 is 5.91 Å². The smallest absolute Gasteiger partial charge is 0.222 e. The molecule has 0 saturated carbocycles. The summed E-state index contributed by atoms with van der Waals surface area (Å²) in [4.78, 5) is 16.6. The zero-order valence-corrected chi connectivity index (χ0v) is 17.0. The number of amides is 1. The number of aryl methyl sites for hydroxylation is 1. The van der Waals surface area contributed by atoms with Gasteiger partial charge in [-0.1, -0.05) is 24.3 Å². The fraction of sp³-hybridized carbons (Fsp3) is 0.391. The number of piperazine rings is 1. The van der Waals surface area contributed by atoms with Crippen LogP contribution < -0.4 is 9.47 Å². The summed E-state index contributed by atoms with van der Waals surface area (Å²) >= 11 is 0. The third-order valence-corrected chi connectivity index (χ3v) is 5.37. The molecule has 152 valence electrons. The molecule has 1 aliphatic rings. The Kier molecular flexibility index (Phi) is 7.09. The van der Waals surface area contributed by atoms with Gasteiger partial charge in [-0.25, -0.2) is 0 Å². The van der Waals surface area contributed by atoms with Crippen LogP contribution in [-0.4, -0.2) is 56.1 Å². The highest BCUT2D eigenvalue weighted by atomic mass is 16.5. The van der Waals surface area contributed by atoms with Crippen molar-refractivity contribution in [1.82, 2.24) is 9.80 Å². The molecule has 6 heteroatoms. The summed E-state index contributed by atoms with van der Waals surface area (Å²) in [5.41, 5.74) is 2.08. The van der Waals surface area contributed by atoms with Crippen molar-refractivity contribution in [3.05, 3.63) is 59.7 Å². The average molecular weight is 393 g/mol. The normalized spacial score (nSPS) is 15.4. The Morgan fingerprint density at radius 3 is 2.03 bits per heavy atom. The van der Waals surface area contributed by atoms with Crippen molar-refractivity contribution in [1.29, 1.82) is 5.26 Å². The van der Waals surface area contributed by atoms with Gasteiger partial charge in [0.05, 0.1) is 20.3 Å². The van der Waals surface area contributed by atoms with Gasteiger partial charge < -0.3 is 14.4 Å². The second kappa shape index (κ2) is 9.94. The van der Waals surface area contributed by atoms with Gasteiger partial charge in [-0.2, -0.15) is 5.26 Å². The van der Waals surface area contributed by atoms with Crippen molar-refractivity contribution in [2.24, 2.45) is 0 Å². The van der Waals surface area contributed by atoms with Crippen molar-refractivity contribution in [2.45, 2.75) is 18.9 Å². The number of carbonyl (C=O) groups excluding carboxylic acids is 1. The summed E-state index contributed by atoms with van der Waals surface area (Å²) in [6, 6.07) is 17.5. The zero-order chi connectivity index (χ0) is 20.6. The van der Waals surface area contributed by atoms with Crippen molar-refractivity contribution < 1.29 is 14.3 Å². The predicted octanol–water partition coefficient (Wildman–Crippen LogP) is 3.05. The van der Waals surface area contributed by atoms with Gasteiger partial charge in [0.15, 0.2) is 0 Å². The minimum Gasteiger partial charge on any atom is -0.497 e. The molecule has 1 aliphatic heterocycles. The number of carbonyl (C=O) groups is 1. The van der Waals surface area contributed by atoms with Gasteiger partial charge in [-0.05, 0) is 41.8 Å². The summed E-state index contributed by atoms with van der Waals surface area (Å²) in [7, 11) is 3.27. The van der Waals surface area contributed by atoms with Crippen LogP contribution in [0.25, 0.3) is 0 Å². The van der Waals surface area contributed by atoms with Crippen LogP contribution in [0.2, 0.25) is 0 Å². The molecule has 0 aliphatic carbocycles. The van der Waals surface area contributed by atoms with Gasteiger partial charge in [0.1, 0.15) is 17.5 Å². The van der Waals surface area contributed by atoms with E-state index in [0.29, 0.717) is 32.6 Å². The Morgan fingerprint density at radius 2 is 1.52 bits per heavy atom. The number of hydrogen-bond acceptors (Lipinski definition) is 5. The summed E-state index contributed by atoms with van der Waals surface area (Å²) in [5.74, 6) is 1.76. The molecule has 29 heavy (non-hydrogen) atoms. The minimum atomic E-state index is -0.308. The molecule has 1 atom stereocenters. The molecule has 2 aromatic rings. The molecule has 0 bridgehead atoms. The fourth-order valence-corrected chi connectivity index (χ4v) is 3.58. The van der Waals surface area contributed by atoms with E-state index >= 15 is 0 Å². The first-order valence-corrected chi connectivity index (χ1v) is 9.83. The number of rotatable bonds is 7. The molecule has 0 radical (unpaired) electrons. The molecule has 1 heterocycles. The summed E-state index contributed by atoms with van der Waals surface area (Å²) in [6.45, 7) is 2.68. The maximum Gasteiger partial charge on any atom is 0.222 e. The number of nitrogens with zero attached hydrogens (tertiary/aromatic N) is 3. The van der Waals surface area contributed by atoms with Gasteiger partial charge in [0.25, 0.3) is 0 Å². The van der Waals surface area contributed by atoms with Crippen LogP contribution in [0.3, 0.4) is 0 Å². The van der Waals surface area contributed by atoms with Crippen LogP contribution in [0.5, 0.6) is 11.5 Å². The van der Waals surface area contributed by atoms with E-state index in [9.17, 15) is 10.1 Å². The molecule has 0 N–H and O–H groups in total. The van der Waals surface area contributed by atoms with Gasteiger partial charge in [-0.15, -0.1) is 0 Å². The van der Waals surface area contributed by atoms with Crippen molar-refractivity contribution in [3.8, 4) is 17.6 Å². The number of benzene rings is 2. The lowest BCUT2D eigenvalue weighted by molar-refractivity contribution is -0.133. The monoisotopic (exact) mass is 393 g/mol. The van der Waals surface area contributed by atoms with Crippen LogP contribution in [0, 0.1) is 11.3 Å². The highest BCUT2D eigenvalue weighted by molar-refractivity contribution is 5.76. The molecule has 1 fully saturated rings. The van der Waals surface area contributed by atoms with Gasteiger partial charge in [0, 0.05) is 32.6 Å². The number of hydrogen-bond donors (Lipinski definition) is 0. The second-order valence-corrected chi connectivity index (χ2v) is 7.07. The SMILES string of the molecule is COc1ccc(CCC(=O)N2CCN(C(C#N)c3ccc(OC)cc3)CC2)cc1. The lowest BCUT2D eigenvalue weighted by Crippen LogP contribution is -2.49. The topological polar surface area (TPSA) is 65.8 Å². The predicted molar refractivity (Wildman–Crippen MR) is 111 cm³/mol. The van der Waals surface area contributed by atoms with Crippen LogP contribution in [0.1, 0.15) is 23.6 Å². The molecule has 2 aromatic carbocycles. The third-order valence-electron chi connectivity index (χ3n) is 5.37. The molecular weight excluding hydrogens is 366 g/mol. The Balaban J connectivity index is 1.50. The van der Waals surface area contributed by atoms with E-state index in [1.54, 1.807) is 14.2 Å². The largest absolute Gasteiger partial charge is 0.497 e. The quantitative estimate of drug-likeness (QED) is 0.723. The molecule has 6 nitrogen and oxygen atoms in total. The number of methoxy groups -OCH3 is 2. The Hall–Kier alpha value is -3.04. The highest BCUT2D eigenvalue weighted by Crippen LogP contribution is 2.24. The average Bonchev–Trinajstić information content (AvgIpc) is 2.79. The molecular formula is C23H27N3O3. The van der Waals surface area contributed by atoms with Crippen LogP contribution >= 0.6 is 0 Å². The molecule has 1 amide bonds. The molecule has 3 rings (SSSR count). The van der Waals surface area contributed by atoms with Crippen LogP contribution in [0.4, 0.5) is 0 Å². The van der Waals surface area contributed by atoms with E-state index < -0.39 is 0 Å². The van der Waals surface area contributed by atoms with E-state index in [1.165, 1.54) is 0 Å². The van der Waals surface area contributed by atoms with Crippen LogP contribution in [0.15, 0.2) is 48.5 Å². The van der Waals surface area contributed by atoms with Gasteiger partial charge in [-0.3, -0.25) is 9.69 Å². The zero-order valence-electron chi connectivity index (χ0n) is 17.0. The Morgan fingerprint density at radius 1 is 0.966 bits per heavy atom. The fourth-order valence-electron chi connectivity index (χ4n) is 3.58. The van der Waals surface area contributed by atoms with Crippen LogP contribution in [-0.2, 0) is 11.2 Å². The summed E-state index contributed by atoms with van der Waals surface area (Å²) in [5, 5.41) is 9.67. The first-order chi connectivity index (χ1) is 14.1. The molecule has 0 aromatic heterocycles. The first-order valence-electron chi connectivity index (χ1n) is 9.83.